The maximum absolute atomic E-state index is 8.92. The lowest BCUT2D eigenvalue weighted by atomic mass is 10.1. The smallest absolute Gasteiger partial charge is 0.168 e. The molecule has 7 heteroatoms. The number of nitrogens with one attached hydrogen (secondary N) is 1. The van der Waals surface area contributed by atoms with Crippen molar-refractivity contribution in [2.75, 3.05) is 12.4 Å². The number of hydrogen-bond acceptors (Lipinski definition) is 7. The Bertz CT molecular complexity index is 1180. The van der Waals surface area contributed by atoms with E-state index in [0.29, 0.717) is 22.9 Å². The van der Waals surface area contributed by atoms with Gasteiger partial charge in [0.1, 0.15) is 17.6 Å². The van der Waals surface area contributed by atoms with Gasteiger partial charge >= 0.3 is 0 Å². The quantitative estimate of drug-likeness (QED) is 0.444. The molecular weight excluding hydrogens is 414 g/mol. The summed E-state index contributed by atoms with van der Waals surface area (Å²) in [4.78, 5) is 13.1. The molecule has 4 rings (SSSR count). The molecule has 3 aromatic rings. The fraction of sp³-hybridized carbons (Fsp3) is 0.231. The second-order valence-corrected chi connectivity index (χ2v) is 7.58. The molecule has 1 fully saturated rings. The monoisotopic (exact) mass is 439 g/mol. The number of aromatic nitrogens is 2. The largest absolute Gasteiger partial charge is 0.493 e. The zero-order valence-electron chi connectivity index (χ0n) is 18.4. The first-order chi connectivity index (χ1) is 16.3. The van der Waals surface area contributed by atoms with E-state index in [1.54, 1.807) is 31.7 Å². The number of aliphatic imine (C=N–C) groups is 1. The Morgan fingerprint density at radius 3 is 2.76 bits per heavy atom. The van der Waals surface area contributed by atoms with Gasteiger partial charge in [0.05, 0.1) is 18.8 Å². The standard InChI is InChI=1S/C26H25N5O2/c1-32-23-12-4-7-20(25(23)33-21-9-2-3-10-21)8-5-15-28-22-11-6-16-29-26(22)31-24-14-13-19(17-27)18-30-24/h4-8,11-16,18,21H,2-3,9-10H2,1H3,(H,29,30,31)/b8-5+,28-15?. The van der Waals surface area contributed by atoms with E-state index in [9.17, 15) is 0 Å². The third-order valence-corrected chi connectivity index (χ3v) is 5.32. The second-order valence-electron chi connectivity index (χ2n) is 7.58. The van der Waals surface area contributed by atoms with E-state index in [0.717, 1.165) is 29.9 Å². The summed E-state index contributed by atoms with van der Waals surface area (Å²) in [6, 6.07) is 15.0. The summed E-state index contributed by atoms with van der Waals surface area (Å²) >= 11 is 0. The summed E-state index contributed by atoms with van der Waals surface area (Å²) < 4.78 is 11.8. The molecule has 0 unspecified atom stereocenters. The molecule has 33 heavy (non-hydrogen) atoms. The molecular formula is C26H25N5O2. The number of anilines is 2. The van der Waals surface area contributed by atoms with Crippen LogP contribution in [0.1, 0.15) is 36.8 Å². The molecule has 1 aromatic carbocycles. The van der Waals surface area contributed by atoms with Crippen LogP contribution >= 0.6 is 0 Å². The third-order valence-electron chi connectivity index (χ3n) is 5.32. The normalized spacial score (nSPS) is 13.9. The van der Waals surface area contributed by atoms with E-state index >= 15 is 0 Å². The average Bonchev–Trinajstić information content (AvgIpc) is 3.37. The summed E-state index contributed by atoms with van der Waals surface area (Å²) in [5.41, 5.74) is 2.11. The van der Waals surface area contributed by atoms with Crippen LogP contribution in [0.4, 0.5) is 17.3 Å². The topological polar surface area (TPSA) is 92.4 Å². The number of hydrogen-bond donors (Lipinski definition) is 1. The number of para-hydroxylation sites is 1. The number of pyridine rings is 2. The van der Waals surface area contributed by atoms with Crippen molar-refractivity contribution in [1.29, 1.82) is 5.26 Å². The highest BCUT2D eigenvalue weighted by molar-refractivity contribution is 5.83. The lowest BCUT2D eigenvalue weighted by Gasteiger charge is -2.17. The van der Waals surface area contributed by atoms with E-state index in [2.05, 4.69) is 26.3 Å². The number of ether oxygens (including phenoxy) is 2. The molecule has 0 spiro atoms. The van der Waals surface area contributed by atoms with Gasteiger partial charge in [-0.3, -0.25) is 4.99 Å². The number of nitrogens with zero attached hydrogens (tertiary/aromatic N) is 4. The van der Waals surface area contributed by atoms with Crippen LogP contribution in [0.3, 0.4) is 0 Å². The predicted octanol–water partition coefficient (Wildman–Crippen LogP) is 5.84. The van der Waals surface area contributed by atoms with Gasteiger partial charge in [-0.15, -0.1) is 0 Å². The second kappa shape index (κ2) is 10.9. The first-order valence-corrected chi connectivity index (χ1v) is 10.9. The van der Waals surface area contributed by atoms with Crippen LogP contribution in [0.5, 0.6) is 11.5 Å². The molecule has 1 aliphatic carbocycles. The van der Waals surface area contributed by atoms with Crippen molar-refractivity contribution in [2.24, 2.45) is 4.99 Å². The van der Waals surface area contributed by atoms with Crippen LogP contribution in [0.15, 0.2) is 65.9 Å². The van der Waals surface area contributed by atoms with Gasteiger partial charge in [0.2, 0.25) is 0 Å². The van der Waals surface area contributed by atoms with E-state index in [1.165, 1.54) is 19.0 Å². The van der Waals surface area contributed by atoms with Gasteiger partial charge in [-0.1, -0.05) is 12.1 Å². The Hall–Kier alpha value is -4.18. The molecule has 0 amide bonds. The number of benzene rings is 1. The Morgan fingerprint density at radius 1 is 1.12 bits per heavy atom. The van der Waals surface area contributed by atoms with E-state index in [1.807, 2.05) is 42.5 Å². The molecule has 1 saturated carbocycles. The molecule has 0 saturated heterocycles. The predicted molar refractivity (Wildman–Crippen MR) is 130 cm³/mol. The minimum absolute atomic E-state index is 0.238. The number of allylic oxidation sites excluding steroid dienone is 1. The van der Waals surface area contributed by atoms with Gasteiger partial charge in [0.15, 0.2) is 17.3 Å². The minimum Gasteiger partial charge on any atom is -0.493 e. The lowest BCUT2D eigenvalue weighted by molar-refractivity contribution is 0.200. The summed E-state index contributed by atoms with van der Waals surface area (Å²) in [5.74, 6) is 2.66. The van der Waals surface area contributed by atoms with Gasteiger partial charge in [-0.25, -0.2) is 9.97 Å². The van der Waals surface area contributed by atoms with Gasteiger partial charge in [-0.05, 0) is 68.2 Å². The summed E-state index contributed by atoms with van der Waals surface area (Å²) in [6.45, 7) is 0. The molecule has 0 radical (unpaired) electrons. The number of methoxy groups -OCH3 is 1. The Kier molecular flexibility index (Phi) is 7.29. The molecule has 0 atom stereocenters. The van der Waals surface area contributed by atoms with Gasteiger partial charge < -0.3 is 14.8 Å². The first-order valence-electron chi connectivity index (χ1n) is 10.9. The molecule has 0 bridgehead atoms. The summed E-state index contributed by atoms with van der Waals surface area (Å²) in [5, 5.41) is 12.1. The highest BCUT2D eigenvalue weighted by Gasteiger charge is 2.19. The van der Waals surface area contributed by atoms with Crippen LogP contribution in [-0.2, 0) is 0 Å². The summed E-state index contributed by atoms with van der Waals surface area (Å²) in [7, 11) is 1.66. The molecule has 2 aromatic heterocycles. The number of rotatable bonds is 8. The van der Waals surface area contributed by atoms with Gasteiger partial charge in [-0.2, -0.15) is 5.26 Å². The molecule has 166 valence electrons. The molecule has 2 heterocycles. The molecule has 7 nitrogen and oxygen atoms in total. The SMILES string of the molecule is COc1cccc(/C=C/C=Nc2cccnc2Nc2ccc(C#N)cn2)c1OC1CCCC1. The third kappa shape index (κ3) is 5.74. The Labute approximate surface area is 193 Å². The van der Waals surface area contributed by atoms with Crippen molar-refractivity contribution in [3.8, 4) is 17.6 Å². The molecule has 1 aliphatic rings. The van der Waals surface area contributed by atoms with Gasteiger partial charge in [0.25, 0.3) is 0 Å². The fourth-order valence-electron chi connectivity index (χ4n) is 3.65. The van der Waals surface area contributed by atoms with E-state index in [-0.39, 0.29) is 6.10 Å². The zero-order chi connectivity index (χ0) is 22.9. The first kappa shape index (κ1) is 22.0. The highest BCUT2D eigenvalue weighted by Crippen LogP contribution is 2.35. The van der Waals surface area contributed by atoms with Crippen LogP contribution in [-0.4, -0.2) is 29.4 Å². The van der Waals surface area contributed by atoms with Gasteiger partial charge in [0, 0.05) is 24.2 Å². The van der Waals surface area contributed by atoms with Crippen molar-refractivity contribution >= 4 is 29.6 Å². The maximum atomic E-state index is 8.92. The number of nitriles is 1. The summed E-state index contributed by atoms with van der Waals surface area (Å²) in [6.07, 6.45) is 13.5. The lowest BCUT2D eigenvalue weighted by Crippen LogP contribution is -2.12. The van der Waals surface area contributed by atoms with Crippen LogP contribution in [0, 0.1) is 11.3 Å². The molecule has 1 N–H and O–H groups in total. The van der Waals surface area contributed by atoms with Crippen molar-refractivity contribution in [1.82, 2.24) is 9.97 Å². The van der Waals surface area contributed by atoms with Crippen molar-refractivity contribution in [2.45, 2.75) is 31.8 Å². The highest BCUT2D eigenvalue weighted by atomic mass is 16.5. The van der Waals surface area contributed by atoms with Crippen LogP contribution < -0.4 is 14.8 Å². The van der Waals surface area contributed by atoms with Crippen molar-refractivity contribution in [3.63, 3.8) is 0 Å². The van der Waals surface area contributed by atoms with Crippen molar-refractivity contribution < 1.29 is 9.47 Å². The minimum atomic E-state index is 0.238. The Morgan fingerprint density at radius 2 is 2.00 bits per heavy atom. The van der Waals surface area contributed by atoms with Crippen LogP contribution in [0.2, 0.25) is 0 Å². The fourth-order valence-corrected chi connectivity index (χ4v) is 3.65. The zero-order valence-corrected chi connectivity index (χ0v) is 18.4. The maximum Gasteiger partial charge on any atom is 0.168 e. The van der Waals surface area contributed by atoms with Crippen LogP contribution in [0.25, 0.3) is 6.08 Å². The Balaban J connectivity index is 1.49. The average molecular weight is 440 g/mol. The molecule has 0 aliphatic heterocycles. The van der Waals surface area contributed by atoms with E-state index in [4.69, 9.17) is 14.7 Å². The van der Waals surface area contributed by atoms with E-state index < -0.39 is 0 Å². The van der Waals surface area contributed by atoms with Crippen molar-refractivity contribution in [3.05, 3.63) is 72.1 Å².